The Hall–Kier alpha value is -3.21. The lowest BCUT2D eigenvalue weighted by atomic mass is 9.77. The summed E-state index contributed by atoms with van der Waals surface area (Å²) in [5, 5.41) is 12.9. The Bertz CT molecular complexity index is 1140. The van der Waals surface area contributed by atoms with Gasteiger partial charge in [-0.25, -0.2) is 9.37 Å². The highest BCUT2D eigenvalue weighted by molar-refractivity contribution is 7.13. The summed E-state index contributed by atoms with van der Waals surface area (Å²) in [5.74, 6) is -2.67. The van der Waals surface area contributed by atoms with E-state index in [1.54, 1.807) is 23.7 Å². The van der Waals surface area contributed by atoms with Gasteiger partial charge in [-0.05, 0) is 56.0 Å². The fraction of sp³-hybridized carbons (Fsp3) is 0.318. The normalized spacial score (nSPS) is 18.7. The van der Waals surface area contributed by atoms with Gasteiger partial charge in [-0.2, -0.15) is 18.3 Å². The number of aromatic nitrogens is 3. The van der Waals surface area contributed by atoms with Crippen LogP contribution in [0.3, 0.4) is 0 Å². The number of ketones is 1. The van der Waals surface area contributed by atoms with Gasteiger partial charge in [-0.15, -0.1) is 16.4 Å². The van der Waals surface area contributed by atoms with Gasteiger partial charge in [0.1, 0.15) is 5.82 Å². The number of thiazole rings is 1. The Morgan fingerprint density at radius 1 is 1.03 bits per heavy atom. The molecule has 0 atom stereocenters. The maximum Gasteiger partial charge on any atom is 0.417 e. The summed E-state index contributed by atoms with van der Waals surface area (Å²) in [6, 6.07) is 5.21. The zero-order valence-electron chi connectivity index (χ0n) is 17.1. The number of benzene rings is 1. The Kier molecular flexibility index (Phi) is 6.50. The van der Waals surface area contributed by atoms with Crippen LogP contribution in [0, 0.1) is 11.7 Å². The fourth-order valence-electron chi connectivity index (χ4n) is 3.97. The van der Waals surface area contributed by atoms with Crippen LogP contribution in [0.5, 0.6) is 0 Å². The van der Waals surface area contributed by atoms with Crippen LogP contribution in [0.15, 0.2) is 41.9 Å². The van der Waals surface area contributed by atoms with E-state index in [1.807, 2.05) is 0 Å². The molecule has 0 bridgehead atoms. The summed E-state index contributed by atoms with van der Waals surface area (Å²) in [6.45, 7) is 0. The molecule has 1 fully saturated rings. The number of hydrogen-bond acceptors (Lipinski definition) is 6. The van der Waals surface area contributed by atoms with E-state index in [4.69, 9.17) is 0 Å². The van der Waals surface area contributed by atoms with E-state index in [-0.39, 0.29) is 11.6 Å². The number of Topliss-reactive ketones (excluding diaryl/α,β-unsaturated/α-hetero) is 1. The molecule has 1 amide bonds. The van der Waals surface area contributed by atoms with E-state index in [2.05, 4.69) is 20.5 Å². The topological polar surface area (TPSA) is 84.8 Å². The minimum atomic E-state index is -4.74. The quantitative estimate of drug-likeness (QED) is 0.387. The van der Waals surface area contributed by atoms with Crippen LogP contribution < -0.4 is 5.32 Å². The van der Waals surface area contributed by atoms with Gasteiger partial charge in [-0.3, -0.25) is 14.9 Å². The summed E-state index contributed by atoms with van der Waals surface area (Å²) >= 11 is 1.27. The first kappa shape index (κ1) is 23.0. The first-order valence-electron chi connectivity index (χ1n) is 10.2. The molecule has 6 nitrogen and oxygen atoms in total. The third-order valence-corrected chi connectivity index (χ3v) is 6.33. The molecule has 0 radical (unpaired) electrons. The molecule has 1 saturated carbocycles. The van der Waals surface area contributed by atoms with E-state index >= 15 is 0 Å². The molecule has 1 aliphatic carbocycles. The number of carbonyl (C=O) groups is 2. The van der Waals surface area contributed by atoms with E-state index in [0.717, 1.165) is 0 Å². The molecule has 2 aromatic heterocycles. The van der Waals surface area contributed by atoms with Gasteiger partial charge in [0.25, 0.3) is 5.91 Å². The molecule has 0 unspecified atom stereocenters. The number of nitrogens with zero attached hydrogens (tertiary/aromatic N) is 3. The van der Waals surface area contributed by atoms with Crippen LogP contribution in [0.1, 0.15) is 63.7 Å². The van der Waals surface area contributed by atoms with Crippen molar-refractivity contribution in [2.24, 2.45) is 5.92 Å². The largest absolute Gasteiger partial charge is 0.417 e. The number of anilines is 1. The lowest BCUT2D eigenvalue weighted by Gasteiger charge is -2.27. The van der Waals surface area contributed by atoms with Crippen LogP contribution in [0.4, 0.5) is 22.7 Å². The summed E-state index contributed by atoms with van der Waals surface area (Å²) in [7, 11) is 0. The van der Waals surface area contributed by atoms with E-state index in [1.165, 1.54) is 11.3 Å². The van der Waals surface area contributed by atoms with E-state index in [9.17, 15) is 27.2 Å². The van der Waals surface area contributed by atoms with Crippen molar-refractivity contribution in [3.05, 3.63) is 70.2 Å². The van der Waals surface area contributed by atoms with Crippen molar-refractivity contribution in [1.29, 1.82) is 0 Å². The van der Waals surface area contributed by atoms with E-state index in [0.29, 0.717) is 54.7 Å². The number of carbonyl (C=O) groups excluding carboxylic acids is 2. The fourth-order valence-corrected chi connectivity index (χ4v) is 4.49. The molecule has 2 heterocycles. The highest BCUT2D eigenvalue weighted by Gasteiger charge is 2.38. The highest BCUT2D eigenvalue weighted by atomic mass is 32.1. The van der Waals surface area contributed by atoms with Crippen LogP contribution in [-0.2, 0) is 6.18 Å². The molecule has 0 aliphatic heterocycles. The number of alkyl halides is 3. The molecule has 1 aromatic carbocycles. The lowest BCUT2D eigenvalue weighted by Crippen LogP contribution is -2.24. The second kappa shape index (κ2) is 9.34. The van der Waals surface area contributed by atoms with Gasteiger partial charge in [-0.1, -0.05) is 0 Å². The number of halogens is 4. The lowest BCUT2D eigenvalue weighted by molar-refractivity contribution is -0.138. The third kappa shape index (κ3) is 5.24. The highest BCUT2D eigenvalue weighted by Crippen LogP contribution is 2.39. The monoisotopic (exact) mass is 478 g/mol. The molecule has 11 heteroatoms. The molecular formula is C22H18F4N4O2S. The number of hydrogen-bond donors (Lipinski definition) is 1. The van der Waals surface area contributed by atoms with Gasteiger partial charge < -0.3 is 0 Å². The molecule has 33 heavy (non-hydrogen) atoms. The summed E-state index contributed by atoms with van der Waals surface area (Å²) in [4.78, 5) is 28.9. The molecule has 172 valence electrons. The number of rotatable bonds is 5. The van der Waals surface area contributed by atoms with Crippen molar-refractivity contribution in [3.8, 4) is 0 Å². The molecule has 1 aliphatic rings. The average Bonchev–Trinajstić information content (AvgIpc) is 3.31. The molecule has 3 aromatic rings. The van der Waals surface area contributed by atoms with Crippen LogP contribution >= 0.6 is 11.3 Å². The van der Waals surface area contributed by atoms with Crippen molar-refractivity contribution in [2.75, 3.05) is 5.32 Å². The smallest absolute Gasteiger partial charge is 0.296 e. The predicted octanol–water partition coefficient (Wildman–Crippen LogP) is 5.50. The first-order valence-corrected chi connectivity index (χ1v) is 11.1. The molecular weight excluding hydrogens is 460 g/mol. The van der Waals surface area contributed by atoms with Crippen LogP contribution in [0.25, 0.3) is 0 Å². The van der Waals surface area contributed by atoms with Crippen molar-refractivity contribution >= 4 is 28.2 Å². The molecule has 4 rings (SSSR count). The second-order valence-electron chi connectivity index (χ2n) is 7.74. The molecule has 0 spiro atoms. The van der Waals surface area contributed by atoms with Gasteiger partial charge >= 0.3 is 6.18 Å². The SMILES string of the molecule is O=C(Nc1nccs1)c1ccc(C2CCC(C(=O)c3cc(F)ccc3C(F)(F)F)CC2)nn1. The van der Waals surface area contributed by atoms with Crippen molar-refractivity contribution in [2.45, 2.75) is 37.8 Å². The second-order valence-corrected chi connectivity index (χ2v) is 8.63. The van der Waals surface area contributed by atoms with Gasteiger partial charge in [0, 0.05) is 29.0 Å². The minimum absolute atomic E-state index is 0.0350. The zero-order chi connectivity index (χ0) is 23.6. The van der Waals surface area contributed by atoms with Crippen molar-refractivity contribution in [3.63, 3.8) is 0 Å². The maximum absolute atomic E-state index is 13.6. The van der Waals surface area contributed by atoms with Crippen LogP contribution in [-0.4, -0.2) is 26.9 Å². The van der Waals surface area contributed by atoms with E-state index < -0.39 is 40.7 Å². The Morgan fingerprint density at radius 3 is 2.39 bits per heavy atom. The third-order valence-electron chi connectivity index (χ3n) is 5.64. The van der Waals surface area contributed by atoms with Gasteiger partial charge in [0.05, 0.1) is 11.3 Å². The average molecular weight is 478 g/mol. The van der Waals surface area contributed by atoms with Gasteiger partial charge in [0.2, 0.25) is 0 Å². The Labute approximate surface area is 190 Å². The standard InChI is InChI=1S/C22H18F4N4O2S/c23-14-5-6-16(22(24,25)26)15(11-14)19(31)13-3-1-12(2-4-13)17-7-8-18(30-29-17)20(32)28-21-27-9-10-33-21/h5-13H,1-4H2,(H,27,28,32). The number of amides is 1. The minimum Gasteiger partial charge on any atom is -0.296 e. The predicted molar refractivity (Wildman–Crippen MR) is 113 cm³/mol. The molecule has 0 saturated heterocycles. The number of nitrogens with one attached hydrogen (secondary N) is 1. The Morgan fingerprint density at radius 2 is 1.79 bits per heavy atom. The first-order chi connectivity index (χ1) is 15.7. The zero-order valence-corrected chi connectivity index (χ0v) is 17.9. The maximum atomic E-state index is 13.6. The van der Waals surface area contributed by atoms with Crippen LogP contribution in [0.2, 0.25) is 0 Å². The van der Waals surface area contributed by atoms with Crippen molar-refractivity contribution in [1.82, 2.24) is 15.2 Å². The van der Waals surface area contributed by atoms with Gasteiger partial charge in [0.15, 0.2) is 16.6 Å². The summed E-state index contributed by atoms with van der Waals surface area (Å²) in [6.07, 6.45) is -1.43. The Balaban J connectivity index is 1.40. The van der Waals surface area contributed by atoms with Crippen molar-refractivity contribution < 1.29 is 27.2 Å². The summed E-state index contributed by atoms with van der Waals surface area (Å²) in [5.41, 5.74) is -0.966. The molecule has 1 N–H and O–H groups in total. The summed E-state index contributed by atoms with van der Waals surface area (Å²) < 4.78 is 53.4.